The van der Waals surface area contributed by atoms with E-state index in [9.17, 15) is 0 Å². The third kappa shape index (κ3) is 3.34. The standard InChI is InChI=1S/C20H29N3/c1-4-7-17-11-12-23(19(17)13-16-9-6-10-16)20-18(8-5-2)15(3)21-14-22-20/h5,8-9,14,17,19H,4,6-7,10-13H2,1-3H3/b8-5-. The Morgan fingerprint density at radius 3 is 2.83 bits per heavy atom. The van der Waals surface area contributed by atoms with Crippen molar-refractivity contribution in [2.75, 3.05) is 11.4 Å². The first kappa shape index (κ1) is 16.2. The van der Waals surface area contributed by atoms with E-state index in [4.69, 9.17) is 0 Å². The van der Waals surface area contributed by atoms with Gasteiger partial charge >= 0.3 is 0 Å². The Labute approximate surface area is 140 Å². The molecule has 3 heteroatoms. The molecule has 124 valence electrons. The smallest absolute Gasteiger partial charge is 0.139 e. The summed E-state index contributed by atoms with van der Waals surface area (Å²) in [5.74, 6) is 1.94. The first-order valence-corrected chi connectivity index (χ1v) is 9.13. The van der Waals surface area contributed by atoms with Crippen molar-refractivity contribution in [2.45, 2.75) is 65.3 Å². The van der Waals surface area contributed by atoms with Crippen molar-refractivity contribution >= 4 is 11.9 Å². The Hall–Kier alpha value is -1.64. The summed E-state index contributed by atoms with van der Waals surface area (Å²) in [6.45, 7) is 7.59. The number of hydrogen-bond donors (Lipinski definition) is 0. The van der Waals surface area contributed by atoms with Gasteiger partial charge in [-0.25, -0.2) is 9.97 Å². The first-order chi connectivity index (χ1) is 11.2. The van der Waals surface area contributed by atoms with Crippen LogP contribution in [-0.2, 0) is 0 Å². The minimum atomic E-state index is 0.611. The Kier molecular flexibility index (Phi) is 5.14. The van der Waals surface area contributed by atoms with Crippen LogP contribution in [0, 0.1) is 12.8 Å². The van der Waals surface area contributed by atoms with Crippen LogP contribution in [0.1, 0.15) is 63.6 Å². The maximum atomic E-state index is 4.68. The van der Waals surface area contributed by atoms with Gasteiger partial charge in [0.2, 0.25) is 0 Å². The number of aryl methyl sites for hydroxylation is 1. The molecule has 1 aliphatic carbocycles. The fourth-order valence-electron chi connectivity index (χ4n) is 4.03. The summed E-state index contributed by atoms with van der Waals surface area (Å²) in [6.07, 6.45) is 16.1. The number of nitrogens with zero attached hydrogens (tertiary/aromatic N) is 3. The normalized spacial score (nSPS) is 24.1. The van der Waals surface area contributed by atoms with E-state index in [-0.39, 0.29) is 0 Å². The highest BCUT2D eigenvalue weighted by molar-refractivity contribution is 5.66. The van der Waals surface area contributed by atoms with E-state index in [0.717, 1.165) is 24.0 Å². The SMILES string of the molecule is C/C=C\c1c(C)ncnc1N1CCC(CCC)C1CC1=CCC1. The average molecular weight is 311 g/mol. The van der Waals surface area contributed by atoms with E-state index in [0.29, 0.717) is 6.04 Å². The molecule has 1 fully saturated rings. The van der Waals surface area contributed by atoms with Crippen LogP contribution in [0.25, 0.3) is 6.08 Å². The van der Waals surface area contributed by atoms with Crippen LogP contribution in [0.15, 0.2) is 24.1 Å². The lowest BCUT2D eigenvalue weighted by Gasteiger charge is -2.32. The highest BCUT2D eigenvalue weighted by atomic mass is 15.2. The quantitative estimate of drug-likeness (QED) is 0.698. The zero-order valence-corrected chi connectivity index (χ0v) is 14.8. The molecule has 2 aliphatic rings. The van der Waals surface area contributed by atoms with Gasteiger partial charge < -0.3 is 4.90 Å². The molecule has 3 nitrogen and oxygen atoms in total. The molecule has 3 rings (SSSR count). The van der Waals surface area contributed by atoms with Crippen LogP contribution in [-0.4, -0.2) is 22.6 Å². The van der Waals surface area contributed by atoms with Crippen molar-refractivity contribution in [3.8, 4) is 0 Å². The lowest BCUT2D eigenvalue weighted by molar-refractivity contribution is 0.424. The van der Waals surface area contributed by atoms with Crippen LogP contribution in [0.2, 0.25) is 0 Å². The van der Waals surface area contributed by atoms with Crippen molar-refractivity contribution in [2.24, 2.45) is 5.92 Å². The van der Waals surface area contributed by atoms with Crippen LogP contribution >= 0.6 is 0 Å². The fourth-order valence-corrected chi connectivity index (χ4v) is 4.03. The second kappa shape index (κ2) is 7.29. The largest absolute Gasteiger partial charge is 0.352 e. The molecule has 0 spiro atoms. The van der Waals surface area contributed by atoms with Crippen molar-refractivity contribution < 1.29 is 0 Å². The van der Waals surface area contributed by atoms with Crippen molar-refractivity contribution in [1.82, 2.24) is 9.97 Å². The van der Waals surface area contributed by atoms with Crippen LogP contribution in [0.5, 0.6) is 0 Å². The predicted molar refractivity (Wildman–Crippen MR) is 97.6 cm³/mol. The molecule has 1 aromatic rings. The molecule has 1 aliphatic heterocycles. The summed E-state index contributed by atoms with van der Waals surface area (Å²) in [6, 6.07) is 0.611. The summed E-state index contributed by atoms with van der Waals surface area (Å²) >= 11 is 0. The average Bonchev–Trinajstić information content (AvgIpc) is 2.88. The van der Waals surface area contributed by atoms with Crippen molar-refractivity contribution in [3.63, 3.8) is 0 Å². The molecule has 0 saturated carbocycles. The van der Waals surface area contributed by atoms with Gasteiger partial charge in [-0.1, -0.05) is 37.1 Å². The third-order valence-electron chi connectivity index (χ3n) is 5.38. The van der Waals surface area contributed by atoms with Gasteiger partial charge in [-0.2, -0.15) is 0 Å². The molecule has 0 radical (unpaired) electrons. The summed E-state index contributed by atoms with van der Waals surface area (Å²) in [5.41, 5.74) is 3.93. The van der Waals surface area contributed by atoms with Crippen molar-refractivity contribution in [1.29, 1.82) is 0 Å². The zero-order chi connectivity index (χ0) is 16.2. The van der Waals surface area contributed by atoms with E-state index in [1.807, 2.05) is 0 Å². The molecular weight excluding hydrogens is 282 g/mol. The molecule has 1 saturated heterocycles. The second-order valence-corrected chi connectivity index (χ2v) is 6.90. The van der Waals surface area contributed by atoms with Gasteiger partial charge in [-0.15, -0.1) is 0 Å². The Morgan fingerprint density at radius 2 is 2.17 bits per heavy atom. The van der Waals surface area contributed by atoms with E-state index >= 15 is 0 Å². The number of rotatable bonds is 6. The third-order valence-corrected chi connectivity index (χ3v) is 5.38. The molecule has 2 atom stereocenters. The second-order valence-electron chi connectivity index (χ2n) is 6.90. The summed E-state index contributed by atoms with van der Waals surface area (Å²) < 4.78 is 0. The summed E-state index contributed by atoms with van der Waals surface area (Å²) in [4.78, 5) is 11.7. The highest BCUT2D eigenvalue weighted by Crippen LogP contribution is 2.38. The Bertz CT molecular complexity index is 603. The van der Waals surface area contributed by atoms with Crippen molar-refractivity contribution in [3.05, 3.63) is 35.3 Å². The molecule has 2 heterocycles. The van der Waals surface area contributed by atoms with Gasteiger partial charge in [0.15, 0.2) is 0 Å². The fraction of sp³-hybridized carbons (Fsp3) is 0.600. The molecular formula is C20H29N3. The van der Waals surface area contributed by atoms with E-state index in [1.165, 1.54) is 44.1 Å². The first-order valence-electron chi connectivity index (χ1n) is 9.13. The zero-order valence-electron chi connectivity index (χ0n) is 14.8. The van der Waals surface area contributed by atoms with Gasteiger partial charge in [0.1, 0.15) is 12.1 Å². The molecule has 0 amide bonds. The van der Waals surface area contributed by atoms with Gasteiger partial charge in [0, 0.05) is 18.2 Å². The van der Waals surface area contributed by atoms with Gasteiger partial charge in [-0.3, -0.25) is 0 Å². The maximum absolute atomic E-state index is 4.68. The Morgan fingerprint density at radius 1 is 1.35 bits per heavy atom. The minimum absolute atomic E-state index is 0.611. The summed E-state index contributed by atoms with van der Waals surface area (Å²) in [5, 5.41) is 0. The monoisotopic (exact) mass is 311 g/mol. The molecule has 23 heavy (non-hydrogen) atoms. The van der Waals surface area contributed by atoms with Crippen LogP contribution < -0.4 is 4.90 Å². The summed E-state index contributed by atoms with van der Waals surface area (Å²) in [7, 11) is 0. The van der Waals surface area contributed by atoms with E-state index < -0.39 is 0 Å². The number of allylic oxidation sites excluding steroid dienone is 2. The van der Waals surface area contributed by atoms with Gasteiger partial charge in [0.05, 0.1) is 5.69 Å². The van der Waals surface area contributed by atoms with E-state index in [2.05, 4.69) is 53.9 Å². The van der Waals surface area contributed by atoms with Gasteiger partial charge in [-0.05, 0) is 51.9 Å². The number of aromatic nitrogens is 2. The predicted octanol–water partition coefficient (Wildman–Crippen LogP) is 4.92. The van der Waals surface area contributed by atoms with Crippen LogP contribution in [0.4, 0.5) is 5.82 Å². The lowest BCUT2D eigenvalue weighted by Crippen LogP contribution is -2.35. The molecule has 1 aromatic heterocycles. The number of hydrogen-bond acceptors (Lipinski definition) is 3. The van der Waals surface area contributed by atoms with Gasteiger partial charge in [0.25, 0.3) is 0 Å². The molecule has 0 bridgehead atoms. The van der Waals surface area contributed by atoms with Crippen LogP contribution in [0.3, 0.4) is 0 Å². The molecule has 2 unspecified atom stereocenters. The van der Waals surface area contributed by atoms with E-state index in [1.54, 1.807) is 11.9 Å². The lowest BCUT2D eigenvalue weighted by atomic mass is 9.85. The topological polar surface area (TPSA) is 29.0 Å². The molecule has 0 aromatic carbocycles. The molecule has 0 N–H and O–H groups in total. The maximum Gasteiger partial charge on any atom is 0.139 e. The minimum Gasteiger partial charge on any atom is -0.352 e. The highest BCUT2D eigenvalue weighted by Gasteiger charge is 2.36. The Balaban J connectivity index is 1.92. The number of anilines is 1.